The van der Waals surface area contributed by atoms with E-state index in [4.69, 9.17) is 4.74 Å². The zero-order valence-electron chi connectivity index (χ0n) is 6.68. The van der Waals surface area contributed by atoms with Gasteiger partial charge in [-0.2, -0.15) is 12.6 Å². The highest BCUT2D eigenvalue weighted by molar-refractivity contribution is 7.80. The second-order valence-electron chi connectivity index (χ2n) is 2.14. The maximum Gasteiger partial charge on any atom is 0.0437 e. The van der Waals surface area contributed by atoms with Gasteiger partial charge in [-0.15, -0.1) is 0 Å². The van der Waals surface area contributed by atoms with E-state index in [9.17, 15) is 0 Å². The van der Waals surface area contributed by atoms with Crippen molar-refractivity contribution < 1.29 is 4.74 Å². The molecule has 0 atom stereocenters. The fourth-order valence-electron chi connectivity index (χ4n) is 0.691. The highest BCUT2D eigenvalue weighted by atomic mass is 32.1. The lowest BCUT2D eigenvalue weighted by Gasteiger charge is -1.98. The van der Waals surface area contributed by atoms with E-state index in [2.05, 4.69) is 12.6 Å². The van der Waals surface area contributed by atoms with E-state index in [0.717, 1.165) is 19.0 Å². The predicted molar refractivity (Wildman–Crippen MR) is 51.7 cm³/mol. The maximum atomic E-state index is 5.22. The topological polar surface area (TPSA) is 9.23 Å². The van der Waals surface area contributed by atoms with Crippen LogP contribution in [0.3, 0.4) is 0 Å². The van der Waals surface area contributed by atoms with Crippen molar-refractivity contribution in [2.75, 3.05) is 19.0 Å². The summed E-state index contributed by atoms with van der Waals surface area (Å²) < 4.78 is 5.22. The summed E-state index contributed by atoms with van der Waals surface area (Å²) in [4.78, 5) is 0. The standard InChI is InChI=1S/C7H17OSSi/c1-2-8-4-7-10-6-3-5-9/h9-10H,2-7H2,1H3. The lowest BCUT2D eigenvalue weighted by molar-refractivity contribution is 0.162. The third-order valence-electron chi connectivity index (χ3n) is 1.24. The SMILES string of the molecule is CCOCC[SiH]CCCS. The molecule has 0 saturated heterocycles. The molecule has 0 unspecified atom stereocenters. The number of thiol groups is 1. The molecule has 0 fully saturated rings. The number of ether oxygens (including phenoxy) is 1. The molecule has 0 heterocycles. The van der Waals surface area contributed by atoms with Gasteiger partial charge in [0.1, 0.15) is 0 Å². The van der Waals surface area contributed by atoms with Gasteiger partial charge in [0, 0.05) is 22.7 Å². The molecular weight excluding hydrogens is 160 g/mol. The zero-order chi connectivity index (χ0) is 7.66. The predicted octanol–water partition coefficient (Wildman–Crippen LogP) is 1.62. The minimum Gasteiger partial charge on any atom is -0.382 e. The van der Waals surface area contributed by atoms with E-state index >= 15 is 0 Å². The second-order valence-corrected chi connectivity index (χ2v) is 4.32. The van der Waals surface area contributed by atoms with E-state index in [1.165, 1.54) is 18.5 Å². The summed E-state index contributed by atoms with van der Waals surface area (Å²) in [7, 11) is 0.641. The van der Waals surface area contributed by atoms with E-state index in [1.807, 2.05) is 6.92 Å². The summed E-state index contributed by atoms with van der Waals surface area (Å²) in [5.41, 5.74) is 0. The molecule has 0 spiro atoms. The minimum atomic E-state index is 0.641. The molecule has 0 bridgehead atoms. The molecule has 0 aromatic rings. The lowest BCUT2D eigenvalue weighted by atomic mass is 10.6. The van der Waals surface area contributed by atoms with Crippen molar-refractivity contribution in [3.8, 4) is 0 Å². The Hall–Kier alpha value is 0.527. The van der Waals surface area contributed by atoms with Crippen molar-refractivity contribution >= 4 is 22.1 Å². The molecule has 0 aliphatic heterocycles. The molecule has 0 aromatic carbocycles. The Kier molecular flexibility index (Phi) is 10.0. The smallest absolute Gasteiger partial charge is 0.0437 e. The van der Waals surface area contributed by atoms with Crippen LogP contribution in [-0.4, -0.2) is 28.5 Å². The first kappa shape index (κ1) is 10.5. The van der Waals surface area contributed by atoms with Crippen LogP contribution in [0.15, 0.2) is 0 Å². The third-order valence-corrected chi connectivity index (χ3v) is 3.01. The summed E-state index contributed by atoms with van der Waals surface area (Å²) in [6.07, 6.45) is 1.28. The van der Waals surface area contributed by atoms with Crippen molar-refractivity contribution in [3.05, 3.63) is 0 Å². The lowest BCUT2D eigenvalue weighted by Crippen LogP contribution is -1.98. The molecule has 0 aromatic heterocycles. The minimum absolute atomic E-state index is 0.641. The first-order valence-electron chi connectivity index (χ1n) is 3.92. The van der Waals surface area contributed by atoms with Gasteiger partial charge in [0.15, 0.2) is 0 Å². The normalized spacial score (nSPS) is 10.2. The molecule has 0 aliphatic rings. The van der Waals surface area contributed by atoms with Crippen LogP contribution in [0, 0.1) is 0 Å². The second kappa shape index (κ2) is 9.53. The summed E-state index contributed by atoms with van der Waals surface area (Å²) in [6.45, 7) is 3.88. The molecule has 1 nitrogen and oxygen atoms in total. The maximum absolute atomic E-state index is 5.22. The van der Waals surface area contributed by atoms with Gasteiger partial charge < -0.3 is 4.74 Å². The number of hydrogen-bond donors (Lipinski definition) is 1. The van der Waals surface area contributed by atoms with Crippen LogP contribution in [0.1, 0.15) is 13.3 Å². The summed E-state index contributed by atoms with van der Waals surface area (Å²) in [6, 6.07) is 2.68. The first-order valence-corrected chi connectivity index (χ1v) is 6.18. The first-order chi connectivity index (χ1) is 4.91. The summed E-state index contributed by atoms with van der Waals surface area (Å²) in [5.74, 6) is 1.04. The fourth-order valence-corrected chi connectivity index (χ4v) is 2.33. The van der Waals surface area contributed by atoms with E-state index in [0.29, 0.717) is 9.52 Å². The highest BCUT2D eigenvalue weighted by Gasteiger charge is 1.88. The van der Waals surface area contributed by atoms with Crippen molar-refractivity contribution in [3.63, 3.8) is 0 Å². The zero-order valence-corrected chi connectivity index (χ0v) is 8.72. The number of rotatable bonds is 7. The monoisotopic (exact) mass is 177 g/mol. The highest BCUT2D eigenvalue weighted by Crippen LogP contribution is 1.94. The summed E-state index contributed by atoms with van der Waals surface area (Å²) >= 11 is 4.15. The van der Waals surface area contributed by atoms with E-state index < -0.39 is 0 Å². The molecule has 10 heavy (non-hydrogen) atoms. The largest absolute Gasteiger partial charge is 0.382 e. The quantitative estimate of drug-likeness (QED) is 0.353. The van der Waals surface area contributed by atoms with Gasteiger partial charge in [0.2, 0.25) is 0 Å². The Balaban J connectivity index is 2.65. The average Bonchev–Trinajstić information content (AvgIpc) is 1.97. The Morgan fingerprint density at radius 3 is 2.80 bits per heavy atom. The van der Waals surface area contributed by atoms with E-state index in [1.54, 1.807) is 0 Å². The molecule has 0 rings (SSSR count). The third kappa shape index (κ3) is 8.53. The van der Waals surface area contributed by atoms with Crippen LogP contribution >= 0.6 is 12.6 Å². The molecule has 61 valence electrons. The van der Waals surface area contributed by atoms with Gasteiger partial charge >= 0.3 is 0 Å². The van der Waals surface area contributed by atoms with Gasteiger partial charge in [-0.3, -0.25) is 0 Å². The summed E-state index contributed by atoms with van der Waals surface area (Å²) in [5, 5.41) is 0. The number of hydrogen-bond acceptors (Lipinski definition) is 2. The van der Waals surface area contributed by atoms with Crippen molar-refractivity contribution in [1.82, 2.24) is 0 Å². The van der Waals surface area contributed by atoms with Crippen molar-refractivity contribution in [2.45, 2.75) is 25.4 Å². The van der Waals surface area contributed by atoms with Crippen LogP contribution in [-0.2, 0) is 4.74 Å². The molecule has 0 saturated carbocycles. The molecule has 3 heteroatoms. The van der Waals surface area contributed by atoms with Crippen LogP contribution in [0.25, 0.3) is 0 Å². The van der Waals surface area contributed by atoms with Gasteiger partial charge in [-0.25, -0.2) is 0 Å². The van der Waals surface area contributed by atoms with Crippen LogP contribution < -0.4 is 0 Å². The van der Waals surface area contributed by atoms with Crippen LogP contribution in [0.2, 0.25) is 12.1 Å². The molecule has 0 aliphatic carbocycles. The van der Waals surface area contributed by atoms with Crippen molar-refractivity contribution in [2.24, 2.45) is 0 Å². The molecular formula is C7H17OSSi. The Bertz CT molecular complexity index is 53.6. The Labute approximate surface area is 71.8 Å². The molecule has 0 N–H and O–H groups in total. The fraction of sp³-hybridized carbons (Fsp3) is 1.00. The van der Waals surface area contributed by atoms with Gasteiger partial charge in [-0.05, 0) is 25.1 Å². The van der Waals surface area contributed by atoms with Crippen molar-refractivity contribution in [1.29, 1.82) is 0 Å². The Morgan fingerprint density at radius 2 is 2.20 bits per heavy atom. The molecule has 0 amide bonds. The van der Waals surface area contributed by atoms with Crippen LogP contribution in [0.4, 0.5) is 0 Å². The average molecular weight is 177 g/mol. The van der Waals surface area contributed by atoms with Crippen LogP contribution in [0.5, 0.6) is 0 Å². The Morgan fingerprint density at radius 1 is 1.40 bits per heavy atom. The van der Waals surface area contributed by atoms with Gasteiger partial charge in [0.25, 0.3) is 0 Å². The van der Waals surface area contributed by atoms with E-state index in [-0.39, 0.29) is 0 Å². The molecule has 1 radical (unpaired) electrons. The van der Waals surface area contributed by atoms with Gasteiger partial charge in [-0.1, -0.05) is 6.04 Å². The van der Waals surface area contributed by atoms with Gasteiger partial charge in [0.05, 0.1) is 0 Å².